The van der Waals surface area contributed by atoms with E-state index < -0.39 is 0 Å². The largest absolute Gasteiger partial charge is 0.438 e. The van der Waals surface area contributed by atoms with Crippen LogP contribution in [0.2, 0.25) is 0 Å². The highest BCUT2D eigenvalue weighted by atomic mass is 32.1. The van der Waals surface area contributed by atoms with Gasteiger partial charge in [0.2, 0.25) is 0 Å². The number of nitrogens with one attached hydrogen (secondary N) is 1. The Morgan fingerprint density at radius 3 is 2.82 bits per heavy atom. The van der Waals surface area contributed by atoms with Gasteiger partial charge >= 0.3 is 0 Å². The highest BCUT2D eigenvalue weighted by Crippen LogP contribution is 2.42. The van der Waals surface area contributed by atoms with E-state index in [0.29, 0.717) is 16.9 Å². The van der Waals surface area contributed by atoms with Gasteiger partial charge in [-0.2, -0.15) is 5.26 Å². The number of nitrogens with two attached hydrogens (primary N) is 1. The first-order valence-corrected chi connectivity index (χ1v) is 7.60. The van der Waals surface area contributed by atoms with Crippen LogP contribution in [-0.4, -0.2) is 4.98 Å². The molecule has 0 unspecified atom stereocenters. The fourth-order valence-corrected chi connectivity index (χ4v) is 3.39. The van der Waals surface area contributed by atoms with E-state index in [2.05, 4.69) is 11.1 Å². The molecule has 0 fully saturated rings. The van der Waals surface area contributed by atoms with Crippen molar-refractivity contribution >= 4 is 28.1 Å². The number of rotatable bonds is 2. The Balaban J connectivity index is 2.02. The number of para-hydroxylation sites is 1. The molecular weight excluding hydrogens is 294 g/mol. The Labute approximate surface area is 130 Å². The van der Waals surface area contributed by atoms with Gasteiger partial charge in [-0.1, -0.05) is 24.3 Å². The van der Waals surface area contributed by atoms with Crippen LogP contribution in [0.4, 0.5) is 5.88 Å². The van der Waals surface area contributed by atoms with Gasteiger partial charge in [-0.05, 0) is 17.5 Å². The van der Waals surface area contributed by atoms with Gasteiger partial charge in [-0.3, -0.25) is 0 Å². The number of fused-ring (bicyclic) bond motifs is 1. The molecule has 0 bridgehead atoms. The third-order valence-electron chi connectivity index (χ3n) is 3.65. The minimum absolute atomic E-state index is 0.268. The first-order chi connectivity index (χ1) is 10.8. The fraction of sp³-hybridized carbons (Fsp3) is 0. The van der Waals surface area contributed by atoms with E-state index in [1.54, 1.807) is 0 Å². The summed E-state index contributed by atoms with van der Waals surface area (Å²) in [6, 6.07) is 14.0. The molecular formula is C17H11N3OS. The van der Waals surface area contributed by atoms with Crippen molar-refractivity contribution < 1.29 is 4.42 Å². The topological polar surface area (TPSA) is 78.7 Å². The average Bonchev–Trinajstić information content (AvgIpc) is 3.24. The quantitative estimate of drug-likeness (QED) is 0.567. The molecule has 0 aliphatic rings. The van der Waals surface area contributed by atoms with Crippen molar-refractivity contribution in [2.24, 2.45) is 0 Å². The molecule has 3 heterocycles. The Kier molecular flexibility index (Phi) is 2.78. The standard InChI is InChI=1S/C17H11N3OS/c18-8-11-15(12-9-20-13-5-2-1-4-10(12)13)17(19)21-16(11)14-6-3-7-22-14/h1-7,9,20H,19H2. The van der Waals surface area contributed by atoms with Crippen LogP contribution in [0.3, 0.4) is 0 Å². The molecule has 3 aromatic heterocycles. The van der Waals surface area contributed by atoms with Gasteiger partial charge in [0, 0.05) is 22.7 Å². The van der Waals surface area contributed by atoms with Crippen LogP contribution < -0.4 is 5.73 Å². The second kappa shape index (κ2) is 4.79. The molecule has 4 aromatic rings. The monoisotopic (exact) mass is 305 g/mol. The zero-order chi connectivity index (χ0) is 15.1. The van der Waals surface area contributed by atoms with E-state index in [0.717, 1.165) is 21.3 Å². The lowest BCUT2D eigenvalue weighted by molar-refractivity contribution is 0.604. The SMILES string of the molecule is N#Cc1c(-c2cccs2)oc(N)c1-c1c[nH]c2ccccc12. The van der Waals surface area contributed by atoms with Crippen molar-refractivity contribution in [1.29, 1.82) is 5.26 Å². The van der Waals surface area contributed by atoms with Crippen molar-refractivity contribution in [2.45, 2.75) is 0 Å². The number of anilines is 1. The van der Waals surface area contributed by atoms with E-state index >= 15 is 0 Å². The van der Waals surface area contributed by atoms with E-state index in [1.165, 1.54) is 11.3 Å². The summed E-state index contributed by atoms with van der Waals surface area (Å²) < 4.78 is 5.71. The van der Waals surface area contributed by atoms with Crippen molar-refractivity contribution in [3.05, 3.63) is 53.5 Å². The van der Waals surface area contributed by atoms with Crippen LogP contribution >= 0.6 is 11.3 Å². The Bertz CT molecular complexity index is 1000. The Morgan fingerprint density at radius 1 is 1.18 bits per heavy atom. The number of H-pyrrole nitrogens is 1. The van der Waals surface area contributed by atoms with Crippen LogP contribution in [-0.2, 0) is 0 Å². The highest BCUT2D eigenvalue weighted by Gasteiger charge is 2.23. The summed E-state index contributed by atoms with van der Waals surface area (Å²) in [5.74, 6) is 0.806. The van der Waals surface area contributed by atoms with Gasteiger partial charge in [-0.25, -0.2) is 0 Å². The van der Waals surface area contributed by atoms with Crippen molar-refractivity contribution in [3.63, 3.8) is 0 Å². The fourth-order valence-electron chi connectivity index (χ4n) is 2.68. The molecule has 5 heteroatoms. The number of nitrogen functional groups attached to an aromatic ring is 1. The van der Waals surface area contributed by atoms with Crippen molar-refractivity contribution in [1.82, 2.24) is 4.98 Å². The maximum Gasteiger partial charge on any atom is 0.200 e. The molecule has 4 nitrogen and oxygen atoms in total. The minimum atomic E-state index is 0.268. The normalized spacial score (nSPS) is 10.9. The van der Waals surface area contributed by atoms with Gasteiger partial charge in [0.05, 0.1) is 10.4 Å². The molecule has 0 aliphatic heterocycles. The molecule has 0 amide bonds. The third-order valence-corrected chi connectivity index (χ3v) is 4.52. The van der Waals surface area contributed by atoms with Gasteiger partial charge in [0.1, 0.15) is 11.6 Å². The summed E-state index contributed by atoms with van der Waals surface area (Å²) in [6.07, 6.45) is 1.87. The summed E-state index contributed by atoms with van der Waals surface area (Å²) in [6.45, 7) is 0. The van der Waals surface area contributed by atoms with Gasteiger partial charge in [0.15, 0.2) is 11.6 Å². The second-order valence-corrected chi connectivity index (χ2v) is 5.83. The molecule has 0 atom stereocenters. The molecule has 3 N–H and O–H groups in total. The highest BCUT2D eigenvalue weighted by molar-refractivity contribution is 7.13. The van der Waals surface area contributed by atoms with Crippen molar-refractivity contribution in [2.75, 3.05) is 5.73 Å². The van der Waals surface area contributed by atoms with Crippen LogP contribution in [0, 0.1) is 11.3 Å². The maximum atomic E-state index is 9.61. The Hall–Kier alpha value is -2.97. The molecule has 4 rings (SSSR count). The van der Waals surface area contributed by atoms with Crippen LogP contribution in [0.5, 0.6) is 0 Å². The number of nitrogens with zero attached hydrogens (tertiary/aromatic N) is 1. The summed E-state index contributed by atoms with van der Waals surface area (Å²) >= 11 is 1.52. The summed E-state index contributed by atoms with van der Waals surface area (Å²) in [7, 11) is 0. The lowest BCUT2D eigenvalue weighted by atomic mass is 10.0. The van der Waals surface area contributed by atoms with Gasteiger partial charge in [0.25, 0.3) is 0 Å². The molecule has 1 aromatic carbocycles. The lowest BCUT2D eigenvalue weighted by Crippen LogP contribution is -1.86. The number of hydrogen-bond donors (Lipinski definition) is 2. The number of thiophene rings is 1. The van der Waals surface area contributed by atoms with E-state index in [-0.39, 0.29) is 5.88 Å². The van der Waals surface area contributed by atoms with E-state index in [4.69, 9.17) is 10.2 Å². The van der Waals surface area contributed by atoms with E-state index in [9.17, 15) is 5.26 Å². The lowest BCUT2D eigenvalue weighted by Gasteiger charge is -1.98. The minimum Gasteiger partial charge on any atom is -0.438 e. The summed E-state index contributed by atoms with van der Waals surface area (Å²) in [4.78, 5) is 4.10. The molecule has 0 aliphatic carbocycles. The number of furan rings is 1. The van der Waals surface area contributed by atoms with Crippen molar-refractivity contribution in [3.8, 4) is 27.8 Å². The first-order valence-electron chi connectivity index (χ1n) is 6.72. The zero-order valence-electron chi connectivity index (χ0n) is 11.5. The number of nitriles is 1. The van der Waals surface area contributed by atoms with Gasteiger partial charge in [-0.15, -0.1) is 11.3 Å². The third kappa shape index (κ3) is 1.75. The van der Waals surface area contributed by atoms with Crippen LogP contribution in [0.1, 0.15) is 5.56 Å². The van der Waals surface area contributed by atoms with Crippen LogP contribution in [0.25, 0.3) is 32.7 Å². The molecule has 0 saturated heterocycles. The molecule has 0 saturated carbocycles. The molecule has 0 radical (unpaired) electrons. The number of benzene rings is 1. The molecule has 0 spiro atoms. The Morgan fingerprint density at radius 2 is 2.05 bits per heavy atom. The average molecular weight is 305 g/mol. The predicted octanol–water partition coefficient (Wildman–Crippen LogP) is 4.61. The zero-order valence-corrected chi connectivity index (χ0v) is 12.3. The molecule has 106 valence electrons. The van der Waals surface area contributed by atoms with Gasteiger partial charge < -0.3 is 15.1 Å². The summed E-state index contributed by atoms with van der Waals surface area (Å²) in [5.41, 5.74) is 9.10. The molecule has 22 heavy (non-hydrogen) atoms. The first kappa shape index (κ1) is 12.7. The number of hydrogen-bond acceptors (Lipinski definition) is 4. The van der Waals surface area contributed by atoms with Crippen LogP contribution in [0.15, 0.2) is 52.4 Å². The number of aromatic nitrogens is 1. The van der Waals surface area contributed by atoms with E-state index in [1.807, 2.05) is 48.0 Å². The number of aromatic amines is 1. The smallest absolute Gasteiger partial charge is 0.200 e. The second-order valence-electron chi connectivity index (χ2n) is 4.88. The summed E-state index contributed by atoms with van der Waals surface area (Å²) in [5, 5.41) is 12.6. The maximum absolute atomic E-state index is 9.61. The predicted molar refractivity (Wildman–Crippen MR) is 88.4 cm³/mol.